The molecule has 0 bridgehead atoms. The molecule has 0 saturated heterocycles. The molecule has 0 aromatic heterocycles. The highest BCUT2D eigenvalue weighted by Crippen LogP contribution is 2.32. The van der Waals surface area contributed by atoms with Crippen molar-refractivity contribution in [2.45, 2.75) is 49.7 Å². The summed E-state index contributed by atoms with van der Waals surface area (Å²) in [6, 6.07) is 0.684. The van der Waals surface area contributed by atoms with E-state index in [1.165, 1.54) is 19.3 Å². The second-order valence-corrected chi connectivity index (χ2v) is 5.45. The number of hydrogen-bond donors (Lipinski definition) is 2. The third kappa shape index (κ3) is 3.49. The van der Waals surface area contributed by atoms with Crippen molar-refractivity contribution in [2.24, 2.45) is 0 Å². The van der Waals surface area contributed by atoms with Crippen molar-refractivity contribution < 1.29 is 5.11 Å². The summed E-state index contributed by atoms with van der Waals surface area (Å²) < 4.78 is 0. The predicted octanol–water partition coefficient (Wildman–Crippen LogP) is 1.63. The molecule has 1 saturated carbocycles. The molecule has 1 aliphatic carbocycles. The predicted molar refractivity (Wildman–Crippen MR) is 59.2 cm³/mol. The summed E-state index contributed by atoms with van der Waals surface area (Å²) in [5, 5.41) is 13.6. The Kier molecular flexibility index (Phi) is 5.14. The second kappa shape index (κ2) is 5.89. The molecular weight excluding hydrogens is 182 g/mol. The Hall–Kier alpha value is 0.270. The maximum absolute atomic E-state index is 8.97. The van der Waals surface area contributed by atoms with Gasteiger partial charge < -0.3 is 10.4 Å². The van der Waals surface area contributed by atoms with E-state index in [0.717, 1.165) is 11.8 Å². The Bertz CT molecular complexity index is 143. The quantitative estimate of drug-likeness (QED) is 0.712. The first kappa shape index (κ1) is 11.3. The molecule has 0 heterocycles. The van der Waals surface area contributed by atoms with Gasteiger partial charge in [-0.05, 0) is 19.4 Å². The SMILES string of the molecule is CCNC1CCCC1SC(C)CO. The fourth-order valence-corrected chi connectivity index (χ4v) is 3.33. The maximum atomic E-state index is 8.97. The van der Waals surface area contributed by atoms with Crippen molar-refractivity contribution in [3.05, 3.63) is 0 Å². The standard InChI is InChI=1S/C10H21NOS/c1-3-11-9-5-4-6-10(9)13-8(2)7-12/h8-12H,3-7H2,1-2H3. The van der Waals surface area contributed by atoms with E-state index in [0.29, 0.717) is 17.9 Å². The Morgan fingerprint density at radius 3 is 2.92 bits per heavy atom. The van der Waals surface area contributed by atoms with Crippen LogP contribution in [0.4, 0.5) is 0 Å². The third-order valence-electron chi connectivity index (χ3n) is 2.58. The van der Waals surface area contributed by atoms with Gasteiger partial charge >= 0.3 is 0 Å². The van der Waals surface area contributed by atoms with Gasteiger partial charge in [0.05, 0.1) is 6.61 Å². The van der Waals surface area contributed by atoms with Crippen LogP contribution in [0.15, 0.2) is 0 Å². The summed E-state index contributed by atoms with van der Waals surface area (Å²) in [6.45, 7) is 5.64. The van der Waals surface area contributed by atoms with Crippen molar-refractivity contribution in [1.29, 1.82) is 0 Å². The van der Waals surface area contributed by atoms with Crippen LogP contribution >= 0.6 is 11.8 Å². The van der Waals surface area contributed by atoms with Crippen LogP contribution in [0.25, 0.3) is 0 Å². The van der Waals surface area contributed by atoms with E-state index in [-0.39, 0.29) is 0 Å². The molecule has 0 amide bonds. The van der Waals surface area contributed by atoms with E-state index >= 15 is 0 Å². The Labute approximate surface area is 85.5 Å². The molecule has 0 spiro atoms. The molecule has 2 N–H and O–H groups in total. The first-order valence-electron chi connectivity index (χ1n) is 5.27. The smallest absolute Gasteiger partial charge is 0.0547 e. The van der Waals surface area contributed by atoms with Crippen LogP contribution in [-0.2, 0) is 0 Å². The number of thioether (sulfide) groups is 1. The average Bonchev–Trinajstić information content (AvgIpc) is 2.54. The molecule has 1 rings (SSSR count). The number of rotatable bonds is 5. The van der Waals surface area contributed by atoms with Gasteiger partial charge in [0, 0.05) is 16.5 Å². The first-order valence-corrected chi connectivity index (χ1v) is 6.22. The molecule has 1 aliphatic rings. The van der Waals surface area contributed by atoms with E-state index in [1.54, 1.807) is 0 Å². The molecule has 1 fully saturated rings. The summed E-state index contributed by atoms with van der Waals surface area (Å²) in [4.78, 5) is 0. The van der Waals surface area contributed by atoms with Crippen LogP contribution in [-0.4, -0.2) is 34.8 Å². The van der Waals surface area contributed by atoms with Gasteiger partial charge in [0.25, 0.3) is 0 Å². The van der Waals surface area contributed by atoms with Crippen molar-refractivity contribution in [2.75, 3.05) is 13.2 Å². The lowest BCUT2D eigenvalue weighted by molar-refractivity contribution is 0.299. The fourth-order valence-electron chi connectivity index (χ4n) is 1.93. The van der Waals surface area contributed by atoms with E-state index in [2.05, 4.69) is 19.2 Å². The van der Waals surface area contributed by atoms with E-state index in [9.17, 15) is 0 Å². The highest BCUT2D eigenvalue weighted by molar-refractivity contribution is 8.00. The monoisotopic (exact) mass is 203 g/mol. The molecule has 3 unspecified atom stereocenters. The van der Waals surface area contributed by atoms with Crippen LogP contribution in [0.2, 0.25) is 0 Å². The minimum atomic E-state index is 0.306. The van der Waals surface area contributed by atoms with Crippen LogP contribution in [0, 0.1) is 0 Å². The second-order valence-electron chi connectivity index (χ2n) is 3.76. The van der Waals surface area contributed by atoms with Crippen LogP contribution in [0.1, 0.15) is 33.1 Å². The van der Waals surface area contributed by atoms with Gasteiger partial charge in [-0.15, -0.1) is 0 Å². The third-order valence-corrected chi connectivity index (χ3v) is 4.11. The minimum absolute atomic E-state index is 0.306. The van der Waals surface area contributed by atoms with Crippen molar-refractivity contribution >= 4 is 11.8 Å². The molecule has 13 heavy (non-hydrogen) atoms. The lowest BCUT2D eigenvalue weighted by Gasteiger charge is -2.22. The fraction of sp³-hybridized carbons (Fsp3) is 1.00. The normalized spacial score (nSPS) is 30.7. The number of aliphatic hydroxyl groups is 1. The van der Waals surface area contributed by atoms with Gasteiger partial charge in [-0.2, -0.15) is 11.8 Å². The van der Waals surface area contributed by atoms with Gasteiger partial charge in [0.2, 0.25) is 0 Å². The van der Waals surface area contributed by atoms with E-state index < -0.39 is 0 Å². The zero-order valence-corrected chi connectivity index (χ0v) is 9.44. The minimum Gasteiger partial charge on any atom is -0.395 e. The lowest BCUT2D eigenvalue weighted by atomic mass is 10.2. The largest absolute Gasteiger partial charge is 0.395 e. The zero-order chi connectivity index (χ0) is 9.68. The van der Waals surface area contributed by atoms with E-state index in [1.807, 2.05) is 11.8 Å². The number of hydrogen-bond acceptors (Lipinski definition) is 3. The number of nitrogens with one attached hydrogen (secondary N) is 1. The molecule has 0 aromatic rings. The van der Waals surface area contributed by atoms with Crippen LogP contribution in [0.5, 0.6) is 0 Å². The maximum Gasteiger partial charge on any atom is 0.0547 e. The van der Waals surface area contributed by atoms with Crippen molar-refractivity contribution in [3.8, 4) is 0 Å². The van der Waals surface area contributed by atoms with Gasteiger partial charge in [-0.1, -0.05) is 20.3 Å². The van der Waals surface area contributed by atoms with Gasteiger partial charge in [-0.3, -0.25) is 0 Å². The lowest BCUT2D eigenvalue weighted by Crippen LogP contribution is -2.34. The highest BCUT2D eigenvalue weighted by atomic mass is 32.2. The molecular formula is C10H21NOS. The molecule has 2 nitrogen and oxygen atoms in total. The van der Waals surface area contributed by atoms with Gasteiger partial charge in [-0.25, -0.2) is 0 Å². The first-order chi connectivity index (χ1) is 6.27. The Morgan fingerprint density at radius 2 is 2.31 bits per heavy atom. The summed E-state index contributed by atoms with van der Waals surface area (Å²) in [5.74, 6) is 0. The summed E-state index contributed by atoms with van der Waals surface area (Å²) in [5.41, 5.74) is 0. The van der Waals surface area contributed by atoms with Crippen molar-refractivity contribution in [3.63, 3.8) is 0 Å². The van der Waals surface area contributed by atoms with Crippen molar-refractivity contribution in [1.82, 2.24) is 5.32 Å². The molecule has 3 atom stereocenters. The zero-order valence-electron chi connectivity index (χ0n) is 8.62. The molecule has 78 valence electrons. The molecule has 0 aliphatic heterocycles. The Balaban J connectivity index is 2.30. The topological polar surface area (TPSA) is 32.3 Å². The summed E-state index contributed by atoms with van der Waals surface area (Å²) in [7, 11) is 0. The highest BCUT2D eigenvalue weighted by Gasteiger charge is 2.27. The number of aliphatic hydroxyl groups excluding tert-OH is 1. The molecule has 0 radical (unpaired) electrons. The van der Waals surface area contributed by atoms with Gasteiger partial charge in [0.15, 0.2) is 0 Å². The molecule has 0 aromatic carbocycles. The average molecular weight is 203 g/mol. The van der Waals surface area contributed by atoms with Crippen LogP contribution in [0.3, 0.4) is 0 Å². The van der Waals surface area contributed by atoms with Crippen LogP contribution < -0.4 is 5.32 Å². The molecule has 3 heteroatoms. The Morgan fingerprint density at radius 1 is 1.54 bits per heavy atom. The summed E-state index contributed by atoms with van der Waals surface area (Å²) >= 11 is 1.94. The summed E-state index contributed by atoms with van der Waals surface area (Å²) in [6.07, 6.45) is 3.96. The van der Waals surface area contributed by atoms with E-state index in [4.69, 9.17) is 5.11 Å². The van der Waals surface area contributed by atoms with Gasteiger partial charge in [0.1, 0.15) is 0 Å².